The van der Waals surface area contributed by atoms with Crippen LogP contribution in [0.1, 0.15) is 88.1 Å². The highest BCUT2D eigenvalue weighted by atomic mass is 19.1. The number of imidazole rings is 1. The first kappa shape index (κ1) is 28.0. The molecule has 3 saturated heterocycles. The smallest absolute Gasteiger partial charge is 0.321 e. The van der Waals surface area contributed by atoms with Crippen LogP contribution in [-0.4, -0.2) is 68.2 Å². The number of aryl methyl sites for hydroxylation is 1. The number of para-hydroxylation sites is 2. The predicted molar refractivity (Wildman–Crippen MR) is 163 cm³/mol. The lowest BCUT2D eigenvalue weighted by molar-refractivity contribution is -0.145. The van der Waals surface area contributed by atoms with Gasteiger partial charge in [0.1, 0.15) is 17.7 Å². The SMILES string of the molecule is CCc1nc2ccccc2n1[C@H]1C[C@H]2CC[C@@H](C1)N2C[C@H]1CN([C@@H](C(=O)O)C2CCCCC2)C[C@@H]1c1cccc(F)c1. The van der Waals surface area contributed by atoms with Crippen molar-refractivity contribution in [1.82, 2.24) is 19.4 Å². The van der Waals surface area contributed by atoms with E-state index in [2.05, 4.69) is 51.6 Å². The minimum atomic E-state index is -0.680. The van der Waals surface area contributed by atoms with Crippen molar-refractivity contribution in [2.24, 2.45) is 11.8 Å². The van der Waals surface area contributed by atoms with Gasteiger partial charge in [0.2, 0.25) is 0 Å². The van der Waals surface area contributed by atoms with Crippen molar-refractivity contribution in [3.63, 3.8) is 0 Å². The summed E-state index contributed by atoms with van der Waals surface area (Å²) in [4.78, 5) is 22.7. The molecule has 2 aromatic carbocycles. The molecule has 4 heterocycles. The molecule has 3 aliphatic heterocycles. The lowest BCUT2D eigenvalue weighted by Crippen LogP contribution is -2.48. The van der Waals surface area contributed by atoms with Crippen molar-refractivity contribution in [1.29, 1.82) is 0 Å². The maximum Gasteiger partial charge on any atom is 0.321 e. The van der Waals surface area contributed by atoms with E-state index in [9.17, 15) is 14.3 Å². The Balaban J connectivity index is 1.13. The molecule has 6 atom stereocenters. The van der Waals surface area contributed by atoms with Crippen LogP contribution in [0.3, 0.4) is 0 Å². The number of benzene rings is 2. The number of aromatic nitrogens is 2. The van der Waals surface area contributed by atoms with Crippen LogP contribution in [0.2, 0.25) is 0 Å². The van der Waals surface area contributed by atoms with Crippen molar-refractivity contribution in [2.45, 2.75) is 101 Å². The van der Waals surface area contributed by atoms with Gasteiger partial charge < -0.3 is 9.67 Å². The topological polar surface area (TPSA) is 61.6 Å². The van der Waals surface area contributed by atoms with Gasteiger partial charge in [0.15, 0.2) is 0 Å². The van der Waals surface area contributed by atoms with Crippen LogP contribution < -0.4 is 0 Å². The number of piperidine rings is 1. The molecule has 0 unspecified atom stereocenters. The van der Waals surface area contributed by atoms with Crippen molar-refractivity contribution < 1.29 is 14.3 Å². The molecule has 2 bridgehead atoms. The first-order valence-electron chi connectivity index (χ1n) is 16.4. The third-order valence-corrected chi connectivity index (χ3v) is 11.1. The Morgan fingerprint density at radius 1 is 0.976 bits per heavy atom. The molecule has 1 aromatic heterocycles. The number of halogens is 1. The van der Waals surface area contributed by atoms with Gasteiger partial charge in [-0.3, -0.25) is 14.6 Å². The zero-order chi connectivity index (χ0) is 28.8. The molecule has 1 aliphatic carbocycles. The Bertz CT molecular complexity index is 1400. The summed E-state index contributed by atoms with van der Waals surface area (Å²) in [6.07, 6.45) is 11.1. The van der Waals surface area contributed by atoms with Crippen molar-refractivity contribution in [3.05, 3.63) is 65.7 Å². The number of carboxylic acid groups (broad SMARTS) is 1. The van der Waals surface area contributed by atoms with Gasteiger partial charge in [-0.2, -0.15) is 0 Å². The second-order valence-corrected chi connectivity index (χ2v) is 13.5. The molecule has 3 aromatic rings. The fourth-order valence-corrected chi connectivity index (χ4v) is 9.31. The quantitative estimate of drug-likeness (QED) is 0.327. The molecule has 7 heteroatoms. The first-order chi connectivity index (χ1) is 20.5. The molecular formula is C35H45FN4O2. The number of hydrogen-bond acceptors (Lipinski definition) is 4. The van der Waals surface area contributed by atoms with Crippen molar-refractivity contribution in [3.8, 4) is 0 Å². The Labute approximate surface area is 248 Å². The monoisotopic (exact) mass is 572 g/mol. The molecule has 1 saturated carbocycles. The third kappa shape index (κ3) is 5.17. The molecule has 0 amide bonds. The first-order valence-corrected chi connectivity index (χ1v) is 16.4. The van der Waals surface area contributed by atoms with Gasteiger partial charge in [-0.25, -0.2) is 9.37 Å². The number of rotatable bonds is 8. The van der Waals surface area contributed by atoms with E-state index in [0.717, 1.165) is 69.1 Å². The minimum Gasteiger partial charge on any atom is -0.480 e. The Morgan fingerprint density at radius 2 is 1.74 bits per heavy atom. The summed E-state index contributed by atoms with van der Waals surface area (Å²) in [7, 11) is 0. The molecule has 0 spiro atoms. The van der Waals surface area contributed by atoms with E-state index in [-0.39, 0.29) is 23.6 Å². The van der Waals surface area contributed by atoms with Crippen LogP contribution in [0.15, 0.2) is 48.5 Å². The minimum absolute atomic E-state index is 0.146. The Morgan fingerprint density at radius 3 is 2.45 bits per heavy atom. The van der Waals surface area contributed by atoms with E-state index >= 15 is 0 Å². The number of nitrogens with zero attached hydrogens (tertiary/aromatic N) is 4. The molecule has 7 rings (SSSR count). The molecule has 224 valence electrons. The summed E-state index contributed by atoms with van der Waals surface area (Å²) in [5, 5.41) is 10.4. The van der Waals surface area contributed by atoms with Gasteiger partial charge in [-0.05, 0) is 80.2 Å². The average molecular weight is 573 g/mol. The normalized spacial score (nSPS) is 29.8. The van der Waals surface area contributed by atoms with Crippen LogP contribution in [0.5, 0.6) is 0 Å². The zero-order valence-electron chi connectivity index (χ0n) is 24.9. The van der Waals surface area contributed by atoms with E-state index in [1.54, 1.807) is 6.07 Å². The second-order valence-electron chi connectivity index (χ2n) is 13.5. The summed E-state index contributed by atoms with van der Waals surface area (Å²) in [5.41, 5.74) is 3.38. The number of likely N-dealkylation sites (tertiary alicyclic amines) is 1. The van der Waals surface area contributed by atoms with Gasteiger partial charge in [0.05, 0.1) is 11.0 Å². The number of hydrogen-bond donors (Lipinski definition) is 1. The maximum atomic E-state index is 14.4. The highest BCUT2D eigenvalue weighted by molar-refractivity contribution is 5.76. The van der Waals surface area contributed by atoms with Crippen LogP contribution in [0.4, 0.5) is 4.39 Å². The van der Waals surface area contributed by atoms with Gasteiger partial charge in [-0.15, -0.1) is 0 Å². The highest BCUT2D eigenvalue weighted by Gasteiger charge is 2.47. The fourth-order valence-electron chi connectivity index (χ4n) is 9.31. The standard InChI is InChI=1S/C35H45FN4O2/c1-2-33-37-31-13-6-7-14-32(31)40(33)29-18-27-15-16-28(19-29)39(27)21-25-20-38(22-30(25)24-11-8-12-26(36)17-24)34(35(41)42)23-9-4-3-5-10-23/h6-8,11-14,17,23,25,27-30,34H,2-5,9-10,15-16,18-22H2,1H3,(H,41,42)/t25-,27-,28+,29+,30-,34-/m1/s1. The van der Waals surface area contributed by atoms with Gasteiger partial charge in [0, 0.05) is 50.1 Å². The number of aliphatic carboxylic acids is 1. The lowest BCUT2D eigenvalue weighted by Gasteiger charge is -2.42. The highest BCUT2D eigenvalue weighted by Crippen LogP contribution is 2.45. The molecule has 1 N–H and O–H groups in total. The second kappa shape index (κ2) is 11.7. The Kier molecular flexibility index (Phi) is 7.82. The van der Waals surface area contributed by atoms with Crippen LogP contribution >= 0.6 is 0 Å². The summed E-state index contributed by atoms with van der Waals surface area (Å²) in [6.45, 7) is 4.65. The largest absolute Gasteiger partial charge is 0.480 e. The van der Waals surface area contributed by atoms with E-state index in [1.165, 1.54) is 36.7 Å². The van der Waals surface area contributed by atoms with Crippen molar-refractivity contribution in [2.75, 3.05) is 19.6 Å². The molecule has 4 aliphatic rings. The molecule has 0 radical (unpaired) electrons. The summed E-state index contributed by atoms with van der Waals surface area (Å²) in [6, 6.07) is 16.7. The summed E-state index contributed by atoms with van der Waals surface area (Å²) < 4.78 is 17.0. The average Bonchev–Trinajstić information content (AvgIpc) is 3.64. The van der Waals surface area contributed by atoms with Crippen LogP contribution in [-0.2, 0) is 11.2 Å². The fraction of sp³-hybridized carbons (Fsp3) is 0.600. The lowest BCUT2D eigenvalue weighted by atomic mass is 9.83. The summed E-state index contributed by atoms with van der Waals surface area (Å²) >= 11 is 0. The number of carboxylic acids is 1. The van der Waals surface area contributed by atoms with Gasteiger partial charge in [0.25, 0.3) is 0 Å². The molecular weight excluding hydrogens is 527 g/mol. The van der Waals surface area contributed by atoms with E-state index < -0.39 is 12.0 Å². The van der Waals surface area contributed by atoms with Gasteiger partial charge >= 0.3 is 5.97 Å². The summed E-state index contributed by atoms with van der Waals surface area (Å²) in [5.74, 6) is 0.958. The van der Waals surface area contributed by atoms with E-state index in [0.29, 0.717) is 24.7 Å². The number of carbonyl (C=O) groups is 1. The number of fused-ring (bicyclic) bond motifs is 3. The van der Waals surface area contributed by atoms with Crippen LogP contribution in [0, 0.1) is 17.7 Å². The van der Waals surface area contributed by atoms with Crippen molar-refractivity contribution >= 4 is 17.0 Å². The molecule has 42 heavy (non-hydrogen) atoms. The molecule has 6 nitrogen and oxygen atoms in total. The van der Waals surface area contributed by atoms with Crippen LogP contribution in [0.25, 0.3) is 11.0 Å². The maximum absolute atomic E-state index is 14.4. The zero-order valence-corrected chi connectivity index (χ0v) is 24.9. The van der Waals surface area contributed by atoms with Gasteiger partial charge in [-0.1, -0.05) is 50.5 Å². The predicted octanol–water partition coefficient (Wildman–Crippen LogP) is 6.65. The Hall–Kier alpha value is -2.77. The van der Waals surface area contributed by atoms with E-state index in [1.807, 2.05) is 6.07 Å². The molecule has 4 fully saturated rings. The van der Waals surface area contributed by atoms with E-state index in [4.69, 9.17) is 4.98 Å². The third-order valence-electron chi connectivity index (χ3n) is 11.1.